The molecule has 0 heterocycles. The van der Waals surface area contributed by atoms with Crippen LogP contribution in [-0.4, -0.2) is 38.6 Å². The molecule has 20 heavy (non-hydrogen) atoms. The minimum Gasteiger partial charge on any atom is -0.313 e. The molecule has 0 aliphatic rings. The number of hydrogen-bond donors (Lipinski definition) is 1. The standard InChI is InChI=1S/C13H20ClFN2O2S/c1-3-17(20(2,18)19)8-4-7-16-10-11-9-12(14)5-6-13(11)15/h5-6,9,16H,3-4,7-8,10H2,1-2H3. The van der Waals surface area contributed by atoms with Crippen molar-refractivity contribution < 1.29 is 12.8 Å². The lowest BCUT2D eigenvalue weighted by Crippen LogP contribution is -2.32. The maximum atomic E-state index is 13.4. The molecule has 0 aromatic heterocycles. The number of halogens is 2. The van der Waals surface area contributed by atoms with Crippen LogP contribution in [0, 0.1) is 5.82 Å². The fraction of sp³-hybridized carbons (Fsp3) is 0.538. The average Bonchev–Trinajstić information content (AvgIpc) is 2.36. The first-order chi connectivity index (χ1) is 9.34. The molecule has 114 valence electrons. The maximum absolute atomic E-state index is 13.4. The molecule has 0 bridgehead atoms. The van der Waals surface area contributed by atoms with Gasteiger partial charge in [-0.2, -0.15) is 0 Å². The van der Waals surface area contributed by atoms with E-state index < -0.39 is 10.0 Å². The molecule has 0 saturated carbocycles. The number of hydrogen-bond acceptors (Lipinski definition) is 3. The van der Waals surface area contributed by atoms with Crippen molar-refractivity contribution in [1.82, 2.24) is 9.62 Å². The van der Waals surface area contributed by atoms with Gasteiger partial charge in [0.05, 0.1) is 6.26 Å². The Morgan fingerprint density at radius 1 is 1.40 bits per heavy atom. The molecule has 0 spiro atoms. The van der Waals surface area contributed by atoms with Gasteiger partial charge in [0, 0.05) is 30.2 Å². The zero-order valence-corrected chi connectivity index (χ0v) is 13.3. The highest BCUT2D eigenvalue weighted by Gasteiger charge is 2.13. The van der Waals surface area contributed by atoms with Crippen molar-refractivity contribution in [3.05, 3.63) is 34.6 Å². The second-order valence-electron chi connectivity index (χ2n) is 4.52. The van der Waals surface area contributed by atoms with Gasteiger partial charge in [0.25, 0.3) is 0 Å². The number of nitrogens with one attached hydrogen (secondary N) is 1. The third kappa shape index (κ3) is 5.75. The topological polar surface area (TPSA) is 49.4 Å². The van der Waals surface area contributed by atoms with Gasteiger partial charge in [0.1, 0.15) is 5.82 Å². The molecule has 0 amide bonds. The fourth-order valence-electron chi connectivity index (χ4n) is 1.84. The molecule has 0 aliphatic heterocycles. The Bertz CT molecular complexity index is 537. The van der Waals surface area contributed by atoms with E-state index in [1.165, 1.54) is 22.7 Å². The van der Waals surface area contributed by atoms with E-state index in [1.54, 1.807) is 13.0 Å². The summed E-state index contributed by atoms with van der Waals surface area (Å²) in [4.78, 5) is 0. The van der Waals surface area contributed by atoms with Gasteiger partial charge in [0.15, 0.2) is 0 Å². The van der Waals surface area contributed by atoms with Gasteiger partial charge in [0.2, 0.25) is 10.0 Å². The molecule has 0 aliphatic carbocycles. The largest absolute Gasteiger partial charge is 0.313 e. The summed E-state index contributed by atoms with van der Waals surface area (Å²) < 4.78 is 37.6. The lowest BCUT2D eigenvalue weighted by Gasteiger charge is -2.17. The van der Waals surface area contributed by atoms with E-state index in [0.717, 1.165) is 0 Å². The molecule has 0 saturated heterocycles. The molecule has 1 aromatic rings. The van der Waals surface area contributed by atoms with E-state index >= 15 is 0 Å². The zero-order chi connectivity index (χ0) is 15.2. The van der Waals surface area contributed by atoms with Gasteiger partial charge in [-0.15, -0.1) is 0 Å². The second-order valence-corrected chi connectivity index (χ2v) is 6.94. The Morgan fingerprint density at radius 2 is 2.10 bits per heavy atom. The van der Waals surface area contributed by atoms with E-state index in [2.05, 4.69) is 5.32 Å². The normalized spacial score (nSPS) is 12.1. The van der Waals surface area contributed by atoms with Crippen LogP contribution in [0.15, 0.2) is 18.2 Å². The SMILES string of the molecule is CCN(CCCNCc1cc(Cl)ccc1F)S(C)(=O)=O. The van der Waals surface area contributed by atoms with Gasteiger partial charge in [-0.3, -0.25) is 0 Å². The molecule has 1 N–H and O–H groups in total. The number of sulfonamides is 1. The molecule has 0 fully saturated rings. The molecule has 0 atom stereocenters. The van der Waals surface area contributed by atoms with Gasteiger partial charge in [-0.25, -0.2) is 17.1 Å². The van der Waals surface area contributed by atoms with Crippen LogP contribution in [0.25, 0.3) is 0 Å². The number of benzene rings is 1. The van der Waals surface area contributed by atoms with Gasteiger partial charge in [-0.05, 0) is 31.2 Å². The maximum Gasteiger partial charge on any atom is 0.211 e. The highest BCUT2D eigenvalue weighted by molar-refractivity contribution is 7.88. The third-order valence-electron chi connectivity index (χ3n) is 2.91. The molecular weight excluding hydrogens is 303 g/mol. The number of nitrogens with zero attached hydrogens (tertiary/aromatic N) is 1. The minimum atomic E-state index is -3.14. The first kappa shape index (κ1) is 17.4. The van der Waals surface area contributed by atoms with Crippen LogP contribution >= 0.6 is 11.6 Å². The van der Waals surface area contributed by atoms with Crippen molar-refractivity contribution in [2.45, 2.75) is 19.9 Å². The summed E-state index contributed by atoms with van der Waals surface area (Å²) in [6, 6.07) is 4.42. The molecule has 0 unspecified atom stereocenters. The van der Waals surface area contributed by atoms with Crippen LogP contribution in [0.4, 0.5) is 4.39 Å². The van der Waals surface area contributed by atoms with E-state index in [9.17, 15) is 12.8 Å². The Morgan fingerprint density at radius 3 is 2.70 bits per heavy atom. The van der Waals surface area contributed by atoms with E-state index in [1.807, 2.05) is 0 Å². The molecule has 0 radical (unpaired) electrons. The predicted molar refractivity (Wildman–Crippen MR) is 79.8 cm³/mol. The Balaban J connectivity index is 2.34. The Kier molecular flexibility index (Phi) is 6.88. The van der Waals surface area contributed by atoms with Crippen LogP contribution in [0.3, 0.4) is 0 Å². The van der Waals surface area contributed by atoms with Crippen molar-refractivity contribution in [2.24, 2.45) is 0 Å². The van der Waals surface area contributed by atoms with Crippen LogP contribution in [-0.2, 0) is 16.6 Å². The summed E-state index contributed by atoms with van der Waals surface area (Å²) in [5, 5.41) is 3.58. The molecular formula is C13H20ClFN2O2S. The van der Waals surface area contributed by atoms with Crippen LogP contribution in [0.5, 0.6) is 0 Å². The van der Waals surface area contributed by atoms with Crippen molar-refractivity contribution in [2.75, 3.05) is 25.9 Å². The van der Waals surface area contributed by atoms with Crippen LogP contribution in [0.1, 0.15) is 18.9 Å². The first-order valence-electron chi connectivity index (χ1n) is 6.44. The van der Waals surface area contributed by atoms with E-state index in [4.69, 9.17) is 11.6 Å². The summed E-state index contributed by atoms with van der Waals surface area (Å²) in [7, 11) is -3.14. The van der Waals surface area contributed by atoms with Crippen LogP contribution < -0.4 is 5.32 Å². The second kappa shape index (κ2) is 7.93. The molecule has 7 heteroatoms. The lowest BCUT2D eigenvalue weighted by molar-refractivity contribution is 0.418. The summed E-state index contributed by atoms with van der Waals surface area (Å²) in [6.07, 6.45) is 1.87. The highest BCUT2D eigenvalue weighted by Crippen LogP contribution is 2.14. The average molecular weight is 323 g/mol. The van der Waals surface area contributed by atoms with Gasteiger partial charge >= 0.3 is 0 Å². The third-order valence-corrected chi connectivity index (χ3v) is 4.52. The van der Waals surface area contributed by atoms with E-state index in [0.29, 0.717) is 43.2 Å². The highest BCUT2D eigenvalue weighted by atomic mass is 35.5. The Labute approximate surface area is 125 Å². The zero-order valence-electron chi connectivity index (χ0n) is 11.7. The van der Waals surface area contributed by atoms with Crippen molar-refractivity contribution in [3.63, 3.8) is 0 Å². The van der Waals surface area contributed by atoms with Crippen molar-refractivity contribution in [3.8, 4) is 0 Å². The lowest BCUT2D eigenvalue weighted by atomic mass is 10.2. The summed E-state index contributed by atoms with van der Waals surface area (Å²) >= 11 is 5.80. The molecule has 4 nitrogen and oxygen atoms in total. The van der Waals surface area contributed by atoms with Crippen molar-refractivity contribution >= 4 is 21.6 Å². The van der Waals surface area contributed by atoms with E-state index in [-0.39, 0.29) is 5.82 Å². The monoisotopic (exact) mass is 322 g/mol. The minimum absolute atomic E-state index is 0.298. The first-order valence-corrected chi connectivity index (χ1v) is 8.67. The van der Waals surface area contributed by atoms with Gasteiger partial charge in [-0.1, -0.05) is 18.5 Å². The molecule has 1 rings (SSSR count). The summed E-state index contributed by atoms with van der Waals surface area (Å²) in [6.45, 7) is 3.70. The van der Waals surface area contributed by atoms with Crippen LogP contribution in [0.2, 0.25) is 5.02 Å². The molecule has 1 aromatic carbocycles. The number of rotatable bonds is 8. The van der Waals surface area contributed by atoms with Gasteiger partial charge < -0.3 is 5.32 Å². The predicted octanol–water partition coefficient (Wildman–Crippen LogP) is 2.24. The summed E-state index contributed by atoms with van der Waals surface area (Å²) in [5.41, 5.74) is 0.507. The quantitative estimate of drug-likeness (QED) is 0.747. The smallest absolute Gasteiger partial charge is 0.211 e. The summed E-state index contributed by atoms with van der Waals surface area (Å²) in [5.74, 6) is -0.298. The Hall–Kier alpha value is -0.690. The van der Waals surface area contributed by atoms with Crippen molar-refractivity contribution in [1.29, 1.82) is 0 Å². The fourth-order valence-corrected chi connectivity index (χ4v) is 2.97.